The smallest absolute Gasteiger partial charge is 0.307 e. The number of hydrogen-bond acceptors (Lipinski definition) is 5. The van der Waals surface area contributed by atoms with Gasteiger partial charge in [0.05, 0.1) is 12.1 Å². The van der Waals surface area contributed by atoms with Gasteiger partial charge in [0.15, 0.2) is 6.61 Å². The van der Waals surface area contributed by atoms with Gasteiger partial charge in [0, 0.05) is 27.3 Å². The predicted molar refractivity (Wildman–Crippen MR) is 116 cm³/mol. The Morgan fingerprint density at radius 2 is 1.93 bits per heavy atom. The number of rotatable bonds is 6. The average molecular weight is 416 g/mol. The maximum atomic E-state index is 12.7. The van der Waals surface area contributed by atoms with E-state index in [1.807, 2.05) is 43.3 Å². The van der Waals surface area contributed by atoms with Crippen LogP contribution in [-0.4, -0.2) is 36.0 Å². The Labute approximate surface area is 175 Å². The van der Waals surface area contributed by atoms with Crippen LogP contribution in [0.25, 0.3) is 0 Å². The third-order valence-electron chi connectivity index (χ3n) is 4.50. The first-order chi connectivity index (χ1) is 13.5. The molecule has 2 aromatic carbocycles. The average Bonchev–Trinajstić information content (AvgIpc) is 2.86. The lowest BCUT2D eigenvalue weighted by atomic mass is 10.2. The van der Waals surface area contributed by atoms with Crippen LogP contribution in [-0.2, 0) is 14.3 Å². The quantitative estimate of drug-likeness (QED) is 0.494. The van der Waals surface area contributed by atoms with Crippen LogP contribution in [0.1, 0.15) is 25.3 Å². The Kier molecular flexibility index (Phi) is 7.45. The number of nitrogens with zero attached hydrogens (tertiary/aromatic N) is 1. The maximum absolute atomic E-state index is 12.7. The highest BCUT2D eigenvalue weighted by molar-refractivity contribution is 8.00. The molecule has 0 unspecified atom stereocenters. The minimum absolute atomic E-state index is 0.165. The van der Waals surface area contributed by atoms with E-state index in [4.69, 9.17) is 4.74 Å². The van der Waals surface area contributed by atoms with Gasteiger partial charge in [-0.05, 0) is 37.6 Å². The number of para-hydroxylation sites is 1. The molecule has 0 radical (unpaired) electrons. The molecule has 0 saturated heterocycles. The first-order valence-corrected chi connectivity index (χ1v) is 11.3. The summed E-state index contributed by atoms with van der Waals surface area (Å²) in [7, 11) is 0. The zero-order valence-electron chi connectivity index (χ0n) is 16.2. The lowest BCUT2D eigenvalue weighted by Gasteiger charge is -2.22. The SMILES string of the molecule is Cc1ccc(SCCC(=O)OCC(=O)N2CC[C@H](C)Sc3ccccc32)cc1. The summed E-state index contributed by atoms with van der Waals surface area (Å²) < 4.78 is 5.25. The summed E-state index contributed by atoms with van der Waals surface area (Å²) in [5.74, 6) is 0.136. The molecule has 0 bridgehead atoms. The van der Waals surface area contributed by atoms with E-state index < -0.39 is 0 Å². The number of carbonyl (C=O) groups is 2. The normalized spacial score (nSPS) is 16.2. The van der Waals surface area contributed by atoms with E-state index in [2.05, 4.69) is 19.1 Å². The number of benzene rings is 2. The molecule has 0 aliphatic carbocycles. The third kappa shape index (κ3) is 5.79. The first-order valence-electron chi connectivity index (χ1n) is 9.44. The van der Waals surface area contributed by atoms with Crippen LogP contribution < -0.4 is 4.90 Å². The number of carbonyl (C=O) groups excluding carboxylic acids is 2. The molecule has 2 aromatic rings. The highest BCUT2D eigenvalue weighted by atomic mass is 32.2. The van der Waals surface area contributed by atoms with Crippen LogP contribution in [0.3, 0.4) is 0 Å². The second kappa shape index (κ2) is 10.0. The number of anilines is 1. The van der Waals surface area contributed by atoms with Crippen molar-refractivity contribution in [3.05, 3.63) is 54.1 Å². The Morgan fingerprint density at radius 3 is 2.71 bits per heavy atom. The third-order valence-corrected chi connectivity index (χ3v) is 6.75. The Balaban J connectivity index is 1.48. The van der Waals surface area contributed by atoms with Crippen molar-refractivity contribution >= 4 is 41.1 Å². The lowest BCUT2D eigenvalue weighted by Crippen LogP contribution is -2.35. The van der Waals surface area contributed by atoms with Crippen molar-refractivity contribution in [2.75, 3.05) is 23.8 Å². The monoisotopic (exact) mass is 415 g/mol. The highest BCUT2D eigenvalue weighted by Crippen LogP contribution is 2.37. The van der Waals surface area contributed by atoms with Crippen LogP contribution in [0.2, 0.25) is 0 Å². The molecule has 148 valence electrons. The fourth-order valence-electron chi connectivity index (χ4n) is 2.92. The number of amides is 1. The summed E-state index contributed by atoms with van der Waals surface area (Å²) in [5.41, 5.74) is 2.12. The number of aryl methyl sites for hydroxylation is 1. The standard InChI is InChI=1S/C22H25NO3S2/c1-16-7-9-18(10-8-16)27-14-12-22(25)26-15-21(24)23-13-11-17(2)28-20-6-4-3-5-19(20)23/h3-10,17H,11-15H2,1-2H3/t17-/m0/s1. The van der Waals surface area contributed by atoms with Crippen LogP contribution in [0.15, 0.2) is 58.3 Å². The second-order valence-corrected chi connectivity index (χ2v) is 9.45. The molecule has 0 spiro atoms. The van der Waals surface area contributed by atoms with Gasteiger partial charge in [-0.25, -0.2) is 0 Å². The molecule has 0 fully saturated rings. The summed E-state index contributed by atoms with van der Waals surface area (Å²) in [5, 5.41) is 0.445. The van der Waals surface area contributed by atoms with Crippen LogP contribution in [0.4, 0.5) is 5.69 Å². The van der Waals surface area contributed by atoms with Crippen molar-refractivity contribution < 1.29 is 14.3 Å². The molecule has 3 rings (SSSR count). The number of hydrogen-bond donors (Lipinski definition) is 0. The maximum Gasteiger partial charge on any atom is 0.307 e. The van der Waals surface area contributed by atoms with Crippen molar-refractivity contribution in [3.8, 4) is 0 Å². The molecule has 1 heterocycles. The summed E-state index contributed by atoms with van der Waals surface area (Å²) in [6, 6.07) is 16.1. The molecule has 0 aromatic heterocycles. The molecule has 1 aliphatic rings. The summed E-state index contributed by atoms with van der Waals surface area (Å²) in [4.78, 5) is 28.7. The number of thioether (sulfide) groups is 2. The van der Waals surface area contributed by atoms with Gasteiger partial charge < -0.3 is 9.64 Å². The van der Waals surface area contributed by atoms with E-state index in [1.54, 1.807) is 28.4 Å². The van der Waals surface area contributed by atoms with Crippen LogP contribution >= 0.6 is 23.5 Å². The molecule has 1 atom stereocenters. The van der Waals surface area contributed by atoms with Crippen molar-refractivity contribution in [1.29, 1.82) is 0 Å². The minimum Gasteiger partial charge on any atom is -0.456 e. The number of esters is 1. The fraction of sp³-hybridized carbons (Fsp3) is 0.364. The summed E-state index contributed by atoms with van der Waals surface area (Å²) >= 11 is 3.40. The van der Waals surface area contributed by atoms with Crippen molar-refractivity contribution in [1.82, 2.24) is 0 Å². The fourth-order valence-corrected chi connectivity index (χ4v) is 4.87. The van der Waals surface area contributed by atoms with Crippen LogP contribution in [0, 0.1) is 6.92 Å². The molecule has 1 aliphatic heterocycles. The summed E-state index contributed by atoms with van der Waals surface area (Å²) in [6.45, 7) is 4.65. The van der Waals surface area contributed by atoms with Crippen molar-refractivity contribution in [2.24, 2.45) is 0 Å². The Hall–Kier alpha value is -1.92. The zero-order chi connectivity index (χ0) is 19.9. The van der Waals surface area contributed by atoms with Crippen molar-refractivity contribution in [3.63, 3.8) is 0 Å². The zero-order valence-corrected chi connectivity index (χ0v) is 17.9. The largest absolute Gasteiger partial charge is 0.456 e. The first kappa shape index (κ1) is 20.8. The van der Waals surface area contributed by atoms with Gasteiger partial charge in [-0.2, -0.15) is 0 Å². The van der Waals surface area contributed by atoms with Gasteiger partial charge >= 0.3 is 5.97 Å². The van der Waals surface area contributed by atoms with E-state index in [0.717, 1.165) is 21.9 Å². The lowest BCUT2D eigenvalue weighted by molar-refractivity contribution is -0.147. The molecule has 28 heavy (non-hydrogen) atoms. The number of fused-ring (bicyclic) bond motifs is 1. The van der Waals surface area contributed by atoms with Gasteiger partial charge in [-0.3, -0.25) is 9.59 Å². The van der Waals surface area contributed by atoms with E-state index in [0.29, 0.717) is 17.5 Å². The van der Waals surface area contributed by atoms with Gasteiger partial charge in [-0.15, -0.1) is 23.5 Å². The second-order valence-electron chi connectivity index (χ2n) is 6.80. The van der Waals surface area contributed by atoms with Gasteiger partial charge in [0.1, 0.15) is 0 Å². The minimum atomic E-state index is -0.334. The molecular formula is C22H25NO3S2. The molecule has 0 N–H and O–H groups in total. The van der Waals surface area contributed by atoms with Gasteiger partial charge in [0.2, 0.25) is 0 Å². The van der Waals surface area contributed by atoms with Gasteiger partial charge in [0.25, 0.3) is 5.91 Å². The Bertz CT molecular complexity index is 823. The predicted octanol–water partition coefficient (Wildman–Crippen LogP) is 4.94. The van der Waals surface area contributed by atoms with Crippen molar-refractivity contribution in [2.45, 2.75) is 41.7 Å². The van der Waals surface area contributed by atoms with E-state index in [9.17, 15) is 9.59 Å². The summed E-state index contributed by atoms with van der Waals surface area (Å²) in [6.07, 6.45) is 1.20. The van der Waals surface area contributed by atoms with Crippen LogP contribution in [0.5, 0.6) is 0 Å². The molecular weight excluding hydrogens is 390 g/mol. The molecule has 6 heteroatoms. The molecule has 0 saturated carbocycles. The van der Waals surface area contributed by atoms with E-state index in [-0.39, 0.29) is 24.9 Å². The molecule has 4 nitrogen and oxygen atoms in total. The Morgan fingerprint density at radius 1 is 1.18 bits per heavy atom. The van der Waals surface area contributed by atoms with Gasteiger partial charge in [-0.1, -0.05) is 36.8 Å². The highest BCUT2D eigenvalue weighted by Gasteiger charge is 2.24. The molecule has 1 amide bonds. The topological polar surface area (TPSA) is 46.6 Å². The number of ether oxygens (including phenoxy) is 1. The van der Waals surface area contributed by atoms with E-state index in [1.165, 1.54) is 5.56 Å². The van der Waals surface area contributed by atoms with E-state index >= 15 is 0 Å².